The summed E-state index contributed by atoms with van der Waals surface area (Å²) in [5.41, 5.74) is 5.10. The third-order valence-corrected chi connectivity index (χ3v) is 6.46. The number of halogens is 3. The number of hydrogen-bond acceptors (Lipinski definition) is 1. The molecule has 1 atom stereocenters. The average Bonchev–Trinajstić information content (AvgIpc) is 2.88. The number of fused-ring (bicyclic) bond motifs is 1. The normalized spacial score (nSPS) is 14.8. The zero-order valence-electron chi connectivity index (χ0n) is 10.9. The van der Waals surface area contributed by atoms with E-state index in [1.54, 1.807) is 0 Å². The lowest BCUT2D eigenvalue weighted by atomic mass is 10.00. The Morgan fingerprint density at radius 2 is 2.05 bits per heavy atom. The van der Waals surface area contributed by atoms with Crippen molar-refractivity contribution in [3.05, 3.63) is 60.6 Å². The van der Waals surface area contributed by atoms with E-state index in [4.69, 9.17) is 4.74 Å². The number of ether oxygens (including phenoxy) is 1. The molecule has 1 aliphatic rings. The molecule has 1 aliphatic heterocycles. The molecule has 0 N–H and O–H groups in total. The Hall–Kier alpha value is -0.0700. The number of aryl methyl sites for hydroxylation is 1. The lowest BCUT2D eigenvalue weighted by molar-refractivity contribution is 0.354. The van der Waals surface area contributed by atoms with E-state index in [2.05, 4.69) is 91.7 Å². The van der Waals surface area contributed by atoms with Gasteiger partial charge >= 0.3 is 0 Å². The number of benzene rings is 2. The first kappa shape index (κ1) is 14.9. The van der Waals surface area contributed by atoms with Gasteiger partial charge in [0.2, 0.25) is 0 Å². The highest BCUT2D eigenvalue weighted by atomic mass is 127. The fourth-order valence-corrected chi connectivity index (χ4v) is 4.86. The molecule has 20 heavy (non-hydrogen) atoms. The van der Waals surface area contributed by atoms with Crippen molar-refractivity contribution in [3.8, 4) is 5.75 Å². The first-order chi connectivity index (χ1) is 9.58. The molecule has 0 saturated heterocycles. The monoisotopic (exact) mass is 506 g/mol. The molecule has 1 nitrogen and oxygen atoms in total. The number of alkyl halides is 1. The van der Waals surface area contributed by atoms with E-state index in [9.17, 15) is 0 Å². The second-order valence-electron chi connectivity index (χ2n) is 4.92. The summed E-state index contributed by atoms with van der Waals surface area (Å²) in [6.45, 7) is 2.93. The van der Waals surface area contributed by atoms with Crippen molar-refractivity contribution in [2.24, 2.45) is 0 Å². The Balaban J connectivity index is 2.11. The van der Waals surface area contributed by atoms with Gasteiger partial charge in [0.05, 0.1) is 11.4 Å². The van der Waals surface area contributed by atoms with Crippen LogP contribution in [0.2, 0.25) is 0 Å². The molecule has 1 unspecified atom stereocenters. The van der Waals surface area contributed by atoms with Crippen molar-refractivity contribution in [1.29, 1.82) is 0 Å². The predicted octanol–water partition coefficient (Wildman–Crippen LogP) is 5.78. The third kappa shape index (κ3) is 2.66. The molecule has 0 fully saturated rings. The van der Waals surface area contributed by atoms with Gasteiger partial charge in [-0.05, 0) is 58.3 Å². The van der Waals surface area contributed by atoms with Gasteiger partial charge < -0.3 is 4.74 Å². The minimum absolute atomic E-state index is 0.152. The average molecular weight is 508 g/mol. The summed E-state index contributed by atoms with van der Waals surface area (Å²) >= 11 is 9.89. The topological polar surface area (TPSA) is 9.23 Å². The molecule has 0 aliphatic carbocycles. The van der Waals surface area contributed by atoms with Gasteiger partial charge in [0.1, 0.15) is 5.75 Å². The van der Waals surface area contributed by atoms with Crippen molar-refractivity contribution >= 4 is 54.5 Å². The van der Waals surface area contributed by atoms with Crippen LogP contribution in [0.15, 0.2) is 34.8 Å². The van der Waals surface area contributed by atoms with Gasteiger partial charge in [-0.3, -0.25) is 0 Å². The Kier molecular flexibility index (Phi) is 4.43. The van der Waals surface area contributed by atoms with Crippen LogP contribution < -0.4 is 4.74 Å². The smallest absolute Gasteiger partial charge is 0.127 e. The first-order valence-corrected chi connectivity index (χ1v) is 9.21. The molecule has 0 aromatic heterocycles. The van der Waals surface area contributed by atoms with Crippen molar-refractivity contribution in [3.63, 3.8) is 0 Å². The molecule has 0 bridgehead atoms. The second-order valence-corrected chi connectivity index (χ2v) is 7.83. The third-order valence-electron chi connectivity index (χ3n) is 3.54. The van der Waals surface area contributed by atoms with Crippen LogP contribution >= 0.6 is 54.5 Å². The van der Waals surface area contributed by atoms with Crippen LogP contribution in [0.1, 0.15) is 27.1 Å². The van der Waals surface area contributed by atoms with E-state index in [0.717, 1.165) is 23.2 Å². The lowest BCUT2D eigenvalue weighted by Crippen LogP contribution is -2.00. The molecule has 2 aromatic rings. The zero-order chi connectivity index (χ0) is 14.3. The fraction of sp³-hybridized carbons (Fsp3) is 0.250. The van der Waals surface area contributed by atoms with E-state index < -0.39 is 0 Å². The largest absolute Gasteiger partial charge is 0.493 e. The van der Waals surface area contributed by atoms with Gasteiger partial charge in [0.25, 0.3) is 0 Å². The summed E-state index contributed by atoms with van der Waals surface area (Å²) in [6.07, 6.45) is 0.992. The number of rotatable bonds is 2. The van der Waals surface area contributed by atoms with Gasteiger partial charge in [-0.25, -0.2) is 0 Å². The van der Waals surface area contributed by atoms with Crippen molar-refractivity contribution in [2.75, 3.05) is 6.61 Å². The van der Waals surface area contributed by atoms with Gasteiger partial charge in [-0.2, -0.15) is 0 Å². The van der Waals surface area contributed by atoms with E-state index in [-0.39, 0.29) is 4.83 Å². The fourth-order valence-electron chi connectivity index (χ4n) is 2.52. The molecule has 104 valence electrons. The van der Waals surface area contributed by atoms with E-state index >= 15 is 0 Å². The van der Waals surface area contributed by atoms with Crippen LogP contribution in [-0.4, -0.2) is 6.61 Å². The first-order valence-electron chi connectivity index (χ1n) is 6.42. The SMILES string of the molecule is Cc1cccc(C(Br)c2cc(Br)cc3c2OCC3)c1I. The maximum Gasteiger partial charge on any atom is 0.127 e. The minimum Gasteiger partial charge on any atom is -0.493 e. The molecule has 0 radical (unpaired) electrons. The van der Waals surface area contributed by atoms with Crippen LogP contribution in [0.3, 0.4) is 0 Å². The van der Waals surface area contributed by atoms with Gasteiger partial charge in [0.15, 0.2) is 0 Å². The van der Waals surface area contributed by atoms with E-state index in [1.807, 2.05) is 0 Å². The van der Waals surface area contributed by atoms with Gasteiger partial charge in [-0.1, -0.05) is 50.1 Å². The van der Waals surface area contributed by atoms with Crippen LogP contribution in [0.4, 0.5) is 0 Å². The Labute approximate surface area is 149 Å². The molecule has 3 rings (SSSR count). The van der Waals surface area contributed by atoms with Gasteiger partial charge in [0, 0.05) is 20.0 Å². The standard InChI is InChI=1S/C16H13Br2IO/c1-9-3-2-4-12(15(9)19)14(18)13-8-11(17)7-10-5-6-20-16(10)13/h2-4,7-8,14H,5-6H2,1H3. The highest BCUT2D eigenvalue weighted by Crippen LogP contribution is 2.43. The molecular formula is C16H13Br2IO. The number of hydrogen-bond donors (Lipinski definition) is 0. The summed E-state index contributed by atoms with van der Waals surface area (Å²) in [7, 11) is 0. The van der Waals surface area contributed by atoms with Crippen LogP contribution in [-0.2, 0) is 6.42 Å². The maximum absolute atomic E-state index is 5.84. The molecule has 2 aromatic carbocycles. The van der Waals surface area contributed by atoms with E-state index in [1.165, 1.54) is 25.8 Å². The summed E-state index contributed by atoms with van der Waals surface area (Å²) < 4.78 is 8.26. The van der Waals surface area contributed by atoms with Crippen molar-refractivity contribution in [1.82, 2.24) is 0 Å². The predicted molar refractivity (Wildman–Crippen MR) is 98.0 cm³/mol. The Morgan fingerprint density at radius 1 is 1.25 bits per heavy atom. The summed E-state index contributed by atoms with van der Waals surface area (Å²) in [5.74, 6) is 1.05. The molecular weight excluding hydrogens is 495 g/mol. The van der Waals surface area contributed by atoms with Crippen molar-refractivity contribution < 1.29 is 4.74 Å². The Bertz CT molecular complexity index is 670. The molecule has 4 heteroatoms. The second kappa shape index (κ2) is 5.97. The zero-order valence-corrected chi connectivity index (χ0v) is 16.2. The molecule has 1 heterocycles. The molecule has 0 saturated carbocycles. The highest BCUT2D eigenvalue weighted by Gasteiger charge is 2.24. The van der Waals surface area contributed by atoms with Crippen molar-refractivity contribution in [2.45, 2.75) is 18.2 Å². The van der Waals surface area contributed by atoms with Crippen LogP contribution in [0.25, 0.3) is 0 Å². The quantitative estimate of drug-likeness (QED) is 0.370. The van der Waals surface area contributed by atoms with Gasteiger partial charge in [-0.15, -0.1) is 0 Å². The summed E-state index contributed by atoms with van der Waals surface area (Å²) in [6, 6.07) is 10.7. The van der Waals surface area contributed by atoms with Crippen LogP contribution in [0.5, 0.6) is 5.75 Å². The molecule has 0 spiro atoms. The van der Waals surface area contributed by atoms with Crippen LogP contribution in [0, 0.1) is 10.5 Å². The summed E-state index contributed by atoms with van der Waals surface area (Å²) in [5, 5.41) is 0. The molecule has 0 amide bonds. The highest BCUT2D eigenvalue weighted by molar-refractivity contribution is 14.1. The maximum atomic E-state index is 5.84. The minimum atomic E-state index is 0.152. The summed E-state index contributed by atoms with van der Waals surface area (Å²) in [4.78, 5) is 0.152. The lowest BCUT2D eigenvalue weighted by Gasteiger charge is -2.17. The van der Waals surface area contributed by atoms with E-state index in [0.29, 0.717) is 0 Å². The Morgan fingerprint density at radius 3 is 2.85 bits per heavy atom.